The molecule has 120 valence electrons. The Hall–Kier alpha value is -2.16. The number of amides is 1. The zero-order valence-corrected chi connectivity index (χ0v) is 13.4. The Morgan fingerprint density at radius 3 is 2.52 bits per heavy atom. The van der Waals surface area contributed by atoms with Crippen molar-refractivity contribution in [3.8, 4) is 0 Å². The normalized spacial score (nSPS) is 16.2. The second kappa shape index (κ2) is 7.91. The van der Waals surface area contributed by atoms with Gasteiger partial charge in [0.25, 0.3) is 0 Å². The summed E-state index contributed by atoms with van der Waals surface area (Å²) in [6, 6.07) is 16.3. The van der Waals surface area contributed by atoms with Crippen LogP contribution >= 0.6 is 0 Å². The van der Waals surface area contributed by atoms with E-state index < -0.39 is 0 Å². The van der Waals surface area contributed by atoms with Crippen molar-refractivity contribution in [2.75, 3.05) is 6.54 Å². The summed E-state index contributed by atoms with van der Waals surface area (Å²) >= 11 is 0. The van der Waals surface area contributed by atoms with Crippen molar-refractivity contribution >= 4 is 5.91 Å². The average Bonchev–Trinajstić information content (AvgIpc) is 3.11. The highest BCUT2D eigenvalue weighted by Crippen LogP contribution is 2.36. The zero-order chi connectivity index (χ0) is 15.9. The minimum Gasteiger partial charge on any atom is -0.355 e. The van der Waals surface area contributed by atoms with Crippen LogP contribution in [0, 0.1) is 5.92 Å². The van der Waals surface area contributed by atoms with E-state index in [0.29, 0.717) is 18.3 Å². The van der Waals surface area contributed by atoms with Gasteiger partial charge in [0.2, 0.25) is 5.91 Å². The number of hydrogen-bond acceptors (Lipinski definition) is 2. The van der Waals surface area contributed by atoms with Gasteiger partial charge >= 0.3 is 0 Å². The van der Waals surface area contributed by atoms with Gasteiger partial charge in [0.05, 0.1) is 6.42 Å². The molecule has 1 aliphatic rings. The summed E-state index contributed by atoms with van der Waals surface area (Å²) < 4.78 is 0. The Morgan fingerprint density at radius 2 is 1.83 bits per heavy atom. The molecule has 0 spiro atoms. The first-order valence-corrected chi connectivity index (χ1v) is 8.54. The van der Waals surface area contributed by atoms with Crippen LogP contribution in [0.3, 0.4) is 0 Å². The summed E-state index contributed by atoms with van der Waals surface area (Å²) in [6.45, 7) is 0.723. The predicted molar refractivity (Wildman–Crippen MR) is 92.1 cm³/mol. The first kappa shape index (κ1) is 15.7. The molecule has 3 rings (SSSR count). The summed E-state index contributed by atoms with van der Waals surface area (Å²) in [7, 11) is 0. The molecule has 1 aromatic carbocycles. The van der Waals surface area contributed by atoms with Gasteiger partial charge in [-0.15, -0.1) is 0 Å². The van der Waals surface area contributed by atoms with E-state index in [-0.39, 0.29) is 5.91 Å². The van der Waals surface area contributed by atoms with E-state index in [4.69, 9.17) is 0 Å². The van der Waals surface area contributed by atoms with Crippen molar-refractivity contribution < 1.29 is 4.79 Å². The fourth-order valence-corrected chi connectivity index (χ4v) is 3.57. The number of carbonyl (C=O) groups excluding carboxylic acids is 1. The Labute approximate surface area is 138 Å². The molecule has 0 aliphatic heterocycles. The maximum absolute atomic E-state index is 12.2. The lowest BCUT2D eigenvalue weighted by molar-refractivity contribution is -0.120. The Morgan fingerprint density at radius 1 is 1.09 bits per heavy atom. The standard InChI is InChI=1S/C20H24N2O/c23-20(14-18-12-6-7-13-21-18)22-15-19(17-10-4-5-11-17)16-8-2-1-3-9-16/h1-3,6-9,12-13,17,19H,4-5,10-11,14-15H2,(H,22,23). The molecule has 2 aromatic rings. The maximum Gasteiger partial charge on any atom is 0.226 e. The van der Waals surface area contributed by atoms with E-state index in [9.17, 15) is 4.79 Å². The molecule has 3 nitrogen and oxygen atoms in total. The SMILES string of the molecule is O=C(Cc1ccccn1)NCC(c1ccccc1)C1CCCC1. The zero-order valence-electron chi connectivity index (χ0n) is 13.4. The Balaban J connectivity index is 1.61. The monoisotopic (exact) mass is 308 g/mol. The number of pyridine rings is 1. The van der Waals surface area contributed by atoms with E-state index >= 15 is 0 Å². The highest BCUT2D eigenvalue weighted by atomic mass is 16.1. The van der Waals surface area contributed by atoms with Crippen LogP contribution in [0.1, 0.15) is 42.9 Å². The van der Waals surface area contributed by atoms with Crippen molar-refractivity contribution in [2.24, 2.45) is 5.92 Å². The fourth-order valence-electron chi connectivity index (χ4n) is 3.57. The lowest BCUT2D eigenvalue weighted by Gasteiger charge is -2.24. The van der Waals surface area contributed by atoms with Crippen LogP contribution in [0.5, 0.6) is 0 Å². The van der Waals surface area contributed by atoms with Gasteiger partial charge in [0.1, 0.15) is 0 Å². The summed E-state index contributed by atoms with van der Waals surface area (Å²) in [5.74, 6) is 1.17. The fraction of sp³-hybridized carbons (Fsp3) is 0.400. The molecule has 1 fully saturated rings. The molecular weight excluding hydrogens is 284 g/mol. The van der Waals surface area contributed by atoms with Crippen molar-refractivity contribution in [3.63, 3.8) is 0 Å². The van der Waals surface area contributed by atoms with Crippen LogP contribution in [0.4, 0.5) is 0 Å². The van der Waals surface area contributed by atoms with E-state index in [1.807, 2.05) is 18.2 Å². The topological polar surface area (TPSA) is 42.0 Å². The minimum atomic E-state index is 0.0580. The lowest BCUT2D eigenvalue weighted by atomic mass is 9.85. The molecule has 1 aromatic heterocycles. The summed E-state index contributed by atoms with van der Waals surface area (Å²) in [5, 5.41) is 3.13. The van der Waals surface area contributed by atoms with Gasteiger partial charge in [-0.1, -0.05) is 49.2 Å². The van der Waals surface area contributed by atoms with Crippen LogP contribution in [0.2, 0.25) is 0 Å². The van der Waals surface area contributed by atoms with Gasteiger partial charge in [-0.2, -0.15) is 0 Å². The highest BCUT2D eigenvalue weighted by Gasteiger charge is 2.26. The Bertz CT molecular complexity index is 606. The van der Waals surface area contributed by atoms with Gasteiger partial charge in [-0.05, 0) is 36.5 Å². The number of rotatable bonds is 6. The molecule has 3 heteroatoms. The number of hydrogen-bond donors (Lipinski definition) is 1. The van der Waals surface area contributed by atoms with Crippen molar-refractivity contribution in [1.82, 2.24) is 10.3 Å². The second-order valence-electron chi connectivity index (χ2n) is 6.36. The summed E-state index contributed by atoms with van der Waals surface area (Å²) in [5.41, 5.74) is 2.17. The number of nitrogens with zero attached hydrogens (tertiary/aromatic N) is 1. The molecule has 1 unspecified atom stereocenters. The first-order chi connectivity index (χ1) is 11.3. The predicted octanol–water partition coefficient (Wildman–Crippen LogP) is 3.71. The molecule has 0 bridgehead atoms. The molecule has 0 radical (unpaired) electrons. The molecule has 1 amide bonds. The minimum absolute atomic E-state index is 0.0580. The maximum atomic E-state index is 12.2. The summed E-state index contributed by atoms with van der Waals surface area (Å²) in [4.78, 5) is 16.4. The van der Waals surface area contributed by atoms with Gasteiger partial charge in [0, 0.05) is 24.4 Å². The Kier molecular flexibility index (Phi) is 5.41. The van der Waals surface area contributed by atoms with Gasteiger partial charge in [0.15, 0.2) is 0 Å². The third-order valence-corrected chi connectivity index (χ3v) is 4.78. The van der Waals surface area contributed by atoms with Crippen molar-refractivity contribution in [1.29, 1.82) is 0 Å². The van der Waals surface area contributed by atoms with Crippen molar-refractivity contribution in [2.45, 2.75) is 38.0 Å². The summed E-state index contributed by atoms with van der Waals surface area (Å²) in [6.07, 6.45) is 7.26. The van der Waals surface area contributed by atoms with Gasteiger partial charge in [-0.3, -0.25) is 9.78 Å². The molecular formula is C20H24N2O. The molecule has 1 atom stereocenters. The van der Waals surface area contributed by atoms with Gasteiger partial charge in [-0.25, -0.2) is 0 Å². The van der Waals surface area contributed by atoms with E-state index in [2.05, 4.69) is 40.6 Å². The van der Waals surface area contributed by atoms with Crippen LogP contribution < -0.4 is 5.32 Å². The molecule has 1 heterocycles. The van der Waals surface area contributed by atoms with Crippen LogP contribution in [-0.4, -0.2) is 17.4 Å². The van der Waals surface area contributed by atoms with E-state index in [1.165, 1.54) is 31.2 Å². The number of nitrogens with one attached hydrogen (secondary N) is 1. The number of carbonyl (C=O) groups is 1. The van der Waals surface area contributed by atoms with Crippen LogP contribution in [0.25, 0.3) is 0 Å². The smallest absolute Gasteiger partial charge is 0.226 e. The molecule has 1 N–H and O–H groups in total. The second-order valence-corrected chi connectivity index (χ2v) is 6.36. The molecule has 1 saturated carbocycles. The molecule has 0 saturated heterocycles. The van der Waals surface area contributed by atoms with Gasteiger partial charge < -0.3 is 5.32 Å². The van der Waals surface area contributed by atoms with E-state index in [1.54, 1.807) is 6.20 Å². The average molecular weight is 308 g/mol. The molecule has 23 heavy (non-hydrogen) atoms. The lowest BCUT2D eigenvalue weighted by Crippen LogP contribution is -2.32. The first-order valence-electron chi connectivity index (χ1n) is 8.54. The van der Waals surface area contributed by atoms with E-state index in [0.717, 1.165) is 12.2 Å². The number of aromatic nitrogens is 1. The quantitative estimate of drug-likeness (QED) is 0.884. The van der Waals surface area contributed by atoms with Crippen LogP contribution in [0.15, 0.2) is 54.7 Å². The number of benzene rings is 1. The van der Waals surface area contributed by atoms with Crippen molar-refractivity contribution in [3.05, 3.63) is 66.0 Å². The largest absolute Gasteiger partial charge is 0.355 e. The highest BCUT2D eigenvalue weighted by molar-refractivity contribution is 5.78. The molecule has 1 aliphatic carbocycles. The third kappa shape index (κ3) is 4.41. The third-order valence-electron chi connectivity index (χ3n) is 4.78. The van der Waals surface area contributed by atoms with Crippen LogP contribution in [-0.2, 0) is 11.2 Å².